The Kier molecular flexibility index (Phi) is 6.41. The third-order valence-corrected chi connectivity index (χ3v) is 5.20. The van der Waals surface area contributed by atoms with Gasteiger partial charge in [0.15, 0.2) is 0 Å². The first kappa shape index (κ1) is 19.7. The third-order valence-electron chi connectivity index (χ3n) is 4.30. The van der Waals surface area contributed by atoms with E-state index in [2.05, 4.69) is 44.8 Å². The van der Waals surface area contributed by atoms with Gasteiger partial charge in [-0.25, -0.2) is 10.5 Å². The van der Waals surface area contributed by atoms with Gasteiger partial charge in [-0.15, -0.1) is 5.10 Å². The molecule has 0 aliphatic rings. The number of hydrogen-bond acceptors (Lipinski definition) is 6. The fourth-order valence-corrected chi connectivity index (χ4v) is 3.60. The summed E-state index contributed by atoms with van der Waals surface area (Å²) in [7, 11) is 0. The number of aryl methyl sites for hydroxylation is 1. The van der Waals surface area contributed by atoms with Gasteiger partial charge in [0.2, 0.25) is 11.1 Å². The van der Waals surface area contributed by atoms with E-state index in [1.807, 2.05) is 66.7 Å². The molecule has 0 aliphatic heterocycles. The number of nitrogens with one attached hydrogen (secondary N) is 2. The molecule has 1 heterocycles. The number of anilines is 1. The number of aromatic amines is 1. The molecule has 0 unspecified atom stereocenters. The Hall–Kier alpha value is -3.58. The molecular formula is C23H21N5OS. The molecule has 4 aromatic rings. The second kappa shape index (κ2) is 9.76. The Labute approximate surface area is 179 Å². The highest BCUT2D eigenvalue weighted by atomic mass is 32.2. The van der Waals surface area contributed by atoms with Gasteiger partial charge in [-0.05, 0) is 47.9 Å². The lowest BCUT2D eigenvalue weighted by atomic mass is 10.1. The first-order valence-corrected chi connectivity index (χ1v) is 10.5. The van der Waals surface area contributed by atoms with Gasteiger partial charge in [-0.1, -0.05) is 66.4 Å². The van der Waals surface area contributed by atoms with Gasteiger partial charge in [-0.3, -0.25) is 0 Å². The van der Waals surface area contributed by atoms with Crippen LogP contribution in [0.4, 0.5) is 5.95 Å². The van der Waals surface area contributed by atoms with Crippen LogP contribution in [0.5, 0.6) is 11.5 Å². The number of ether oxygens (including phenoxy) is 1. The Bertz CT molecular complexity index is 1130. The topological polar surface area (TPSA) is 75.2 Å². The normalized spacial score (nSPS) is 11.0. The SMILES string of the molecule is Cc1ccccc1CSc1n[nH]c(N/N=C\c2cccc(Oc3ccccc3)c2)n1. The fourth-order valence-electron chi connectivity index (χ4n) is 2.73. The zero-order chi connectivity index (χ0) is 20.6. The van der Waals surface area contributed by atoms with Gasteiger partial charge in [0, 0.05) is 5.75 Å². The molecule has 0 atom stereocenters. The number of nitrogens with zero attached hydrogens (tertiary/aromatic N) is 3. The maximum absolute atomic E-state index is 5.85. The summed E-state index contributed by atoms with van der Waals surface area (Å²) < 4.78 is 5.85. The van der Waals surface area contributed by atoms with Crippen molar-refractivity contribution in [1.82, 2.24) is 15.2 Å². The summed E-state index contributed by atoms with van der Waals surface area (Å²) >= 11 is 1.58. The Morgan fingerprint density at radius 3 is 2.67 bits per heavy atom. The van der Waals surface area contributed by atoms with E-state index in [-0.39, 0.29) is 0 Å². The summed E-state index contributed by atoms with van der Waals surface area (Å²) in [6.07, 6.45) is 1.71. The van der Waals surface area contributed by atoms with E-state index in [1.165, 1.54) is 11.1 Å². The number of H-pyrrole nitrogens is 1. The highest BCUT2D eigenvalue weighted by molar-refractivity contribution is 7.98. The van der Waals surface area contributed by atoms with Crippen LogP contribution >= 0.6 is 11.8 Å². The van der Waals surface area contributed by atoms with Crippen LogP contribution in [0.15, 0.2) is 89.1 Å². The lowest BCUT2D eigenvalue weighted by molar-refractivity contribution is 0.482. The molecular weight excluding hydrogens is 394 g/mol. The van der Waals surface area contributed by atoms with Gasteiger partial charge in [-0.2, -0.15) is 10.1 Å². The number of hydrogen-bond donors (Lipinski definition) is 2. The second-order valence-corrected chi connectivity index (χ2v) is 7.48. The van der Waals surface area contributed by atoms with Crippen molar-refractivity contribution in [2.75, 3.05) is 5.43 Å². The number of benzene rings is 3. The van der Waals surface area contributed by atoms with Crippen molar-refractivity contribution < 1.29 is 4.74 Å². The summed E-state index contributed by atoms with van der Waals surface area (Å²) in [5.41, 5.74) is 6.33. The summed E-state index contributed by atoms with van der Waals surface area (Å²) in [5.74, 6) is 2.86. The van der Waals surface area contributed by atoms with Crippen molar-refractivity contribution in [3.63, 3.8) is 0 Å². The van der Waals surface area contributed by atoms with Crippen molar-refractivity contribution in [1.29, 1.82) is 0 Å². The molecule has 0 saturated heterocycles. The first-order chi connectivity index (χ1) is 14.8. The van der Waals surface area contributed by atoms with Crippen LogP contribution in [0.3, 0.4) is 0 Å². The van der Waals surface area contributed by atoms with Crippen molar-refractivity contribution in [3.05, 3.63) is 95.6 Å². The predicted molar refractivity (Wildman–Crippen MR) is 121 cm³/mol. The van der Waals surface area contributed by atoms with Crippen LogP contribution in [-0.2, 0) is 5.75 Å². The Balaban J connectivity index is 1.32. The highest BCUT2D eigenvalue weighted by Crippen LogP contribution is 2.22. The number of hydrazone groups is 1. The summed E-state index contributed by atoms with van der Waals surface area (Å²) in [5, 5.41) is 12.0. The minimum Gasteiger partial charge on any atom is -0.457 e. The Morgan fingerprint density at radius 2 is 1.80 bits per heavy atom. The van der Waals surface area contributed by atoms with E-state index < -0.39 is 0 Å². The molecule has 0 bridgehead atoms. The minimum absolute atomic E-state index is 0.496. The summed E-state index contributed by atoms with van der Waals surface area (Å²) in [6.45, 7) is 2.11. The third kappa shape index (κ3) is 5.48. The molecule has 150 valence electrons. The van der Waals surface area contributed by atoms with E-state index in [1.54, 1.807) is 18.0 Å². The molecule has 0 fully saturated rings. The molecule has 4 rings (SSSR count). The minimum atomic E-state index is 0.496. The quantitative estimate of drug-likeness (QED) is 0.221. The number of para-hydroxylation sites is 1. The van der Waals surface area contributed by atoms with Gasteiger partial charge in [0.05, 0.1) is 6.21 Å². The van der Waals surface area contributed by atoms with Crippen molar-refractivity contribution in [2.24, 2.45) is 5.10 Å². The zero-order valence-electron chi connectivity index (χ0n) is 16.4. The molecule has 0 aliphatic carbocycles. The van der Waals surface area contributed by atoms with Crippen LogP contribution in [0.2, 0.25) is 0 Å². The molecule has 0 saturated carbocycles. The monoisotopic (exact) mass is 415 g/mol. The smallest absolute Gasteiger partial charge is 0.240 e. The molecule has 2 N–H and O–H groups in total. The molecule has 0 spiro atoms. The van der Waals surface area contributed by atoms with E-state index in [0.29, 0.717) is 11.1 Å². The summed E-state index contributed by atoms with van der Waals surface area (Å²) in [4.78, 5) is 4.41. The zero-order valence-corrected chi connectivity index (χ0v) is 17.3. The van der Waals surface area contributed by atoms with Gasteiger partial charge >= 0.3 is 0 Å². The lowest BCUT2D eigenvalue weighted by Gasteiger charge is -2.05. The van der Waals surface area contributed by atoms with Crippen molar-refractivity contribution in [3.8, 4) is 11.5 Å². The van der Waals surface area contributed by atoms with Crippen molar-refractivity contribution in [2.45, 2.75) is 17.8 Å². The number of aromatic nitrogens is 3. The van der Waals surface area contributed by atoms with Crippen LogP contribution < -0.4 is 10.2 Å². The van der Waals surface area contributed by atoms with E-state index in [9.17, 15) is 0 Å². The fraction of sp³-hybridized carbons (Fsp3) is 0.0870. The molecule has 3 aromatic carbocycles. The lowest BCUT2D eigenvalue weighted by Crippen LogP contribution is -1.93. The maximum Gasteiger partial charge on any atom is 0.240 e. The molecule has 7 heteroatoms. The molecule has 0 amide bonds. The van der Waals surface area contributed by atoms with E-state index in [4.69, 9.17) is 4.74 Å². The van der Waals surface area contributed by atoms with Gasteiger partial charge in [0.1, 0.15) is 11.5 Å². The number of thioether (sulfide) groups is 1. The van der Waals surface area contributed by atoms with Crippen LogP contribution in [-0.4, -0.2) is 21.4 Å². The first-order valence-electron chi connectivity index (χ1n) is 9.48. The number of rotatable bonds is 8. The second-order valence-electron chi connectivity index (χ2n) is 6.54. The van der Waals surface area contributed by atoms with Crippen molar-refractivity contribution >= 4 is 23.9 Å². The predicted octanol–water partition coefficient (Wildman–Crippen LogP) is 5.64. The largest absolute Gasteiger partial charge is 0.457 e. The van der Waals surface area contributed by atoms with Gasteiger partial charge < -0.3 is 4.74 Å². The maximum atomic E-state index is 5.85. The van der Waals surface area contributed by atoms with Crippen LogP contribution in [0.1, 0.15) is 16.7 Å². The molecule has 0 radical (unpaired) electrons. The Morgan fingerprint density at radius 1 is 1.00 bits per heavy atom. The molecule has 30 heavy (non-hydrogen) atoms. The van der Waals surface area contributed by atoms with Gasteiger partial charge in [0.25, 0.3) is 0 Å². The molecule has 6 nitrogen and oxygen atoms in total. The average Bonchev–Trinajstić information content (AvgIpc) is 3.22. The van der Waals surface area contributed by atoms with Crippen LogP contribution in [0.25, 0.3) is 0 Å². The van der Waals surface area contributed by atoms with E-state index in [0.717, 1.165) is 22.8 Å². The summed E-state index contributed by atoms with van der Waals surface area (Å²) in [6, 6.07) is 25.7. The average molecular weight is 416 g/mol. The van der Waals surface area contributed by atoms with Crippen LogP contribution in [0, 0.1) is 6.92 Å². The standard InChI is InChI=1S/C23H21N5OS/c1-17-8-5-6-10-19(17)16-30-23-25-22(27-28-23)26-24-15-18-9-7-13-21(14-18)29-20-11-3-2-4-12-20/h2-15H,16H2,1H3,(H2,25,26,27,28)/b24-15-. The molecule has 1 aromatic heterocycles. The highest BCUT2D eigenvalue weighted by Gasteiger charge is 2.05. The van der Waals surface area contributed by atoms with E-state index >= 15 is 0 Å².